The molecule has 0 bridgehead atoms. The first-order chi connectivity index (χ1) is 9.26. The molecule has 102 valence electrons. The summed E-state index contributed by atoms with van der Waals surface area (Å²) in [6.45, 7) is 2.18. The van der Waals surface area contributed by atoms with Crippen LogP contribution in [0.15, 0.2) is 24.3 Å². The van der Waals surface area contributed by atoms with E-state index in [4.69, 9.17) is 4.74 Å². The van der Waals surface area contributed by atoms with Crippen LogP contribution in [0.25, 0.3) is 0 Å². The van der Waals surface area contributed by atoms with Crippen LogP contribution in [0.4, 0.5) is 5.69 Å². The van der Waals surface area contributed by atoms with Crippen LogP contribution in [0, 0.1) is 0 Å². The molecule has 0 saturated carbocycles. The standard InChI is InChI=1S/C15H19NO3/c1-19-15(18)14(8-11-17)12-4-6-13(7-5-12)16-9-2-3-10-16/h4-7,11,14H,2-3,8-10H2,1H3/t14-/m1/s1. The third kappa shape index (κ3) is 3.13. The first-order valence-corrected chi connectivity index (χ1v) is 6.62. The van der Waals surface area contributed by atoms with E-state index in [0.29, 0.717) is 0 Å². The summed E-state index contributed by atoms with van der Waals surface area (Å²) >= 11 is 0. The molecule has 1 aliphatic rings. The Hall–Kier alpha value is -1.84. The number of hydrogen-bond acceptors (Lipinski definition) is 4. The Balaban J connectivity index is 2.14. The van der Waals surface area contributed by atoms with Crippen LogP contribution < -0.4 is 4.90 Å². The molecule has 1 fully saturated rings. The van der Waals surface area contributed by atoms with Gasteiger partial charge in [-0.1, -0.05) is 12.1 Å². The number of rotatable bonds is 5. The highest BCUT2D eigenvalue weighted by molar-refractivity contribution is 5.81. The van der Waals surface area contributed by atoms with Gasteiger partial charge in [0.25, 0.3) is 0 Å². The number of hydrogen-bond donors (Lipinski definition) is 0. The van der Waals surface area contributed by atoms with E-state index < -0.39 is 5.92 Å². The lowest BCUT2D eigenvalue weighted by Gasteiger charge is -2.19. The van der Waals surface area contributed by atoms with Crippen LogP contribution in [-0.2, 0) is 14.3 Å². The lowest BCUT2D eigenvalue weighted by atomic mass is 9.96. The summed E-state index contributed by atoms with van der Waals surface area (Å²) in [7, 11) is 1.35. The van der Waals surface area contributed by atoms with Gasteiger partial charge in [-0.3, -0.25) is 4.79 Å². The van der Waals surface area contributed by atoms with Crippen molar-refractivity contribution in [1.29, 1.82) is 0 Å². The topological polar surface area (TPSA) is 46.6 Å². The van der Waals surface area contributed by atoms with Crippen molar-refractivity contribution < 1.29 is 14.3 Å². The molecule has 4 heteroatoms. The predicted octanol–water partition coefficient (Wildman–Crippen LogP) is 2.13. The summed E-state index contributed by atoms with van der Waals surface area (Å²) in [4.78, 5) is 24.7. The normalized spacial score (nSPS) is 16.2. The van der Waals surface area contributed by atoms with Crippen LogP contribution >= 0.6 is 0 Å². The second-order valence-electron chi connectivity index (χ2n) is 4.76. The number of benzene rings is 1. The van der Waals surface area contributed by atoms with E-state index >= 15 is 0 Å². The number of methoxy groups -OCH3 is 1. The van der Waals surface area contributed by atoms with Gasteiger partial charge >= 0.3 is 5.97 Å². The van der Waals surface area contributed by atoms with Gasteiger partial charge in [-0.2, -0.15) is 0 Å². The van der Waals surface area contributed by atoms with E-state index in [1.165, 1.54) is 25.6 Å². The number of carbonyl (C=O) groups excluding carboxylic acids is 2. The number of esters is 1. The highest BCUT2D eigenvalue weighted by atomic mass is 16.5. The van der Waals surface area contributed by atoms with Crippen molar-refractivity contribution in [3.63, 3.8) is 0 Å². The molecule has 1 aromatic rings. The maximum absolute atomic E-state index is 11.7. The Kier molecular flexibility index (Phi) is 4.55. The molecule has 0 radical (unpaired) electrons. The monoisotopic (exact) mass is 261 g/mol. The molecule has 0 amide bonds. The average molecular weight is 261 g/mol. The van der Waals surface area contributed by atoms with E-state index in [0.717, 1.165) is 24.9 Å². The van der Waals surface area contributed by atoms with E-state index in [-0.39, 0.29) is 12.4 Å². The van der Waals surface area contributed by atoms with Crippen molar-refractivity contribution >= 4 is 17.9 Å². The fourth-order valence-electron chi connectivity index (χ4n) is 2.50. The van der Waals surface area contributed by atoms with E-state index in [9.17, 15) is 9.59 Å². The number of nitrogens with zero attached hydrogens (tertiary/aromatic N) is 1. The van der Waals surface area contributed by atoms with Gasteiger partial charge in [0.05, 0.1) is 13.0 Å². The van der Waals surface area contributed by atoms with Gasteiger partial charge < -0.3 is 14.4 Å². The Bertz CT molecular complexity index is 435. The molecule has 1 aromatic carbocycles. The van der Waals surface area contributed by atoms with Crippen molar-refractivity contribution in [3.8, 4) is 0 Å². The number of ether oxygens (including phenoxy) is 1. The molecule has 1 atom stereocenters. The zero-order valence-corrected chi connectivity index (χ0v) is 11.2. The van der Waals surface area contributed by atoms with Gasteiger partial charge in [-0.25, -0.2) is 0 Å². The lowest BCUT2D eigenvalue weighted by Crippen LogP contribution is -2.18. The minimum atomic E-state index is -0.491. The van der Waals surface area contributed by atoms with Crippen molar-refractivity contribution in [3.05, 3.63) is 29.8 Å². The smallest absolute Gasteiger partial charge is 0.313 e. The van der Waals surface area contributed by atoms with Crippen LogP contribution in [0.3, 0.4) is 0 Å². The zero-order valence-electron chi connectivity index (χ0n) is 11.2. The van der Waals surface area contributed by atoms with Crippen LogP contribution in [0.2, 0.25) is 0 Å². The van der Waals surface area contributed by atoms with Gasteiger partial charge in [-0.05, 0) is 30.5 Å². The first-order valence-electron chi connectivity index (χ1n) is 6.62. The molecule has 19 heavy (non-hydrogen) atoms. The maximum Gasteiger partial charge on any atom is 0.313 e. The van der Waals surface area contributed by atoms with Gasteiger partial charge in [-0.15, -0.1) is 0 Å². The molecule has 0 aliphatic carbocycles. The summed E-state index contributed by atoms with van der Waals surface area (Å²) in [5.41, 5.74) is 2.01. The van der Waals surface area contributed by atoms with Crippen LogP contribution in [-0.4, -0.2) is 32.5 Å². The van der Waals surface area contributed by atoms with Crippen molar-refractivity contribution in [2.45, 2.75) is 25.2 Å². The van der Waals surface area contributed by atoms with Gasteiger partial charge in [0.2, 0.25) is 0 Å². The molecule has 0 unspecified atom stereocenters. The lowest BCUT2D eigenvalue weighted by molar-refractivity contribution is -0.143. The Morgan fingerprint density at radius 1 is 1.32 bits per heavy atom. The van der Waals surface area contributed by atoms with Crippen molar-refractivity contribution in [2.24, 2.45) is 0 Å². The number of anilines is 1. The Morgan fingerprint density at radius 3 is 2.47 bits per heavy atom. The van der Waals surface area contributed by atoms with E-state index in [1.807, 2.05) is 24.3 Å². The van der Waals surface area contributed by atoms with Gasteiger partial charge in [0, 0.05) is 25.2 Å². The number of aldehydes is 1. The summed E-state index contributed by atoms with van der Waals surface area (Å²) in [6.07, 6.45) is 3.39. The van der Waals surface area contributed by atoms with Crippen molar-refractivity contribution in [1.82, 2.24) is 0 Å². The summed E-state index contributed by atoms with van der Waals surface area (Å²) in [5.74, 6) is -0.851. The average Bonchev–Trinajstić information content (AvgIpc) is 2.98. The first kappa shape index (κ1) is 13.6. The highest BCUT2D eigenvalue weighted by Gasteiger charge is 2.21. The van der Waals surface area contributed by atoms with Gasteiger partial charge in [0.1, 0.15) is 6.29 Å². The maximum atomic E-state index is 11.7. The summed E-state index contributed by atoms with van der Waals surface area (Å²) in [6, 6.07) is 7.86. The third-order valence-electron chi connectivity index (χ3n) is 3.58. The predicted molar refractivity (Wildman–Crippen MR) is 73.3 cm³/mol. The molecule has 0 spiro atoms. The van der Waals surface area contributed by atoms with Crippen LogP contribution in [0.1, 0.15) is 30.7 Å². The second kappa shape index (κ2) is 6.36. The largest absolute Gasteiger partial charge is 0.469 e. The van der Waals surface area contributed by atoms with Crippen LogP contribution in [0.5, 0.6) is 0 Å². The Morgan fingerprint density at radius 2 is 1.95 bits per heavy atom. The summed E-state index contributed by atoms with van der Waals surface area (Å²) in [5, 5.41) is 0. The molecule has 1 saturated heterocycles. The minimum absolute atomic E-state index is 0.162. The van der Waals surface area contributed by atoms with E-state index in [2.05, 4.69) is 4.90 Å². The molecule has 4 nitrogen and oxygen atoms in total. The number of carbonyl (C=O) groups is 2. The highest BCUT2D eigenvalue weighted by Crippen LogP contribution is 2.25. The van der Waals surface area contributed by atoms with Crippen molar-refractivity contribution in [2.75, 3.05) is 25.1 Å². The molecule has 0 aromatic heterocycles. The molecule has 2 rings (SSSR count). The SMILES string of the molecule is COC(=O)[C@H](CC=O)c1ccc(N2CCCC2)cc1. The quantitative estimate of drug-likeness (QED) is 0.602. The van der Waals surface area contributed by atoms with E-state index in [1.54, 1.807) is 0 Å². The Labute approximate surface area is 113 Å². The molecular formula is C15H19NO3. The molecule has 0 N–H and O–H groups in total. The zero-order chi connectivity index (χ0) is 13.7. The molecule has 1 aliphatic heterocycles. The molecular weight excluding hydrogens is 242 g/mol. The third-order valence-corrected chi connectivity index (χ3v) is 3.58. The minimum Gasteiger partial charge on any atom is -0.469 e. The summed E-state index contributed by atoms with van der Waals surface area (Å²) < 4.78 is 4.74. The van der Waals surface area contributed by atoms with Gasteiger partial charge in [0.15, 0.2) is 0 Å². The second-order valence-corrected chi connectivity index (χ2v) is 4.76. The fraction of sp³-hybridized carbons (Fsp3) is 0.467. The fourth-order valence-corrected chi connectivity index (χ4v) is 2.50. The molecule has 1 heterocycles.